The van der Waals surface area contributed by atoms with Crippen molar-refractivity contribution in [3.8, 4) is 0 Å². The van der Waals surface area contributed by atoms with Crippen LogP contribution in [0.3, 0.4) is 0 Å². The predicted molar refractivity (Wildman–Crippen MR) is 68.3 cm³/mol. The average molecular weight is 249 g/mol. The summed E-state index contributed by atoms with van der Waals surface area (Å²) in [6, 6.07) is 0.803. The molecule has 0 unspecified atom stereocenters. The SMILES string of the molecule is CCCCCCNCO[Si](CC)(OC)OC. The molecule has 0 saturated heterocycles. The molecule has 0 spiro atoms. The number of rotatable bonds is 11. The van der Waals surface area contributed by atoms with Crippen molar-refractivity contribution in [2.24, 2.45) is 0 Å². The molecular weight excluding hydrogens is 222 g/mol. The first-order valence-electron chi connectivity index (χ1n) is 6.19. The molecule has 0 fully saturated rings. The van der Waals surface area contributed by atoms with Gasteiger partial charge in [0, 0.05) is 20.3 Å². The Labute approximate surface area is 101 Å². The molecule has 0 bridgehead atoms. The minimum absolute atomic E-state index is 0.522. The van der Waals surface area contributed by atoms with Crippen LogP contribution in [-0.2, 0) is 13.3 Å². The molecule has 0 aliphatic rings. The van der Waals surface area contributed by atoms with Gasteiger partial charge in [0.2, 0.25) is 0 Å². The Morgan fingerprint density at radius 3 is 2.19 bits per heavy atom. The number of hydrogen-bond acceptors (Lipinski definition) is 4. The van der Waals surface area contributed by atoms with Crippen molar-refractivity contribution in [2.75, 3.05) is 27.5 Å². The summed E-state index contributed by atoms with van der Waals surface area (Å²) in [6.45, 7) is 5.77. The van der Waals surface area contributed by atoms with Crippen molar-refractivity contribution in [1.82, 2.24) is 5.32 Å². The summed E-state index contributed by atoms with van der Waals surface area (Å²) in [5.41, 5.74) is 0. The summed E-state index contributed by atoms with van der Waals surface area (Å²) in [6.07, 6.45) is 5.08. The van der Waals surface area contributed by atoms with Crippen LogP contribution in [-0.4, -0.2) is 36.3 Å². The molecule has 0 amide bonds. The van der Waals surface area contributed by atoms with Crippen molar-refractivity contribution in [1.29, 1.82) is 0 Å². The van der Waals surface area contributed by atoms with Gasteiger partial charge in [0.25, 0.3) is 0 Å². The van der Waals surface area contributed by atoms with Crippen LogP contribution < -0.4 is 5.32 Å². The lowest BCUT2D eigenvalue weighted by atomic mass is 10.2. The van der Waals surface area contributed by atoms with Gasteiger partial charge in [-0.2, -0.15) is 0 Å². The van der Waals surface area contributed by atoms with Crippen LogP contribution in [0.25, 0.3) is 0 Å². The van der Waals surface area contributed by atoms with Crippen molar-refractivity contribution >= 4 is 8.80 Å². The van der Waals surface area contributed by atoms with E-state index in [0.29, 0.717) is 6.73 Å². The van der Waals surface area contributed by atoms with E-state index in [9.17, 15) is 0 Å². The third-order valence-corrected chi connectivity index (χ3v) is 5.35. The van der Waals surface area contributed by atoms with Gasteiger partial charge in [-0.05, 0) is 13.0 Å². The topological polar surface area (TPSA) is 39.7 Å². The summed E-state index contributed by atoms with van der Waals surface area (Å²) in [7, 11) is 0.951. The van der Waals surface area contributed by atoms with E-state index in [2.05, 4.69) is 12.2 Å². The monoisotopic (exact) mass is 249 g/mol. The Bertz CT molecular complexity index is 146. The minimum atomic E-state index is -2.36. The van der Waals surface area contributed by atoms with E-state index in [1.54, 1.807) is 14.2 Å². The molecule has 0 radical (unpaired) electrons. The van der Waals surface area contributed by atoms with E-state index in [1.807, 2.05) is 6.92 Å². The lowest BCUT2D eigenvalue weighted by molar-refractivity contribution is 0.0913. The second kappa shape index (κ2) is 10.2. The first kappa shape index (κ1) is 16.1. The van der Waals surface area contributed by atoms with Gasteiger partial charge in [0.1, 0.15) is 0 Å². The highest BCUT2D eigenvalue weighted by molar-refractivity contribution is 6.60. The Morgan fingerprint density at radius 2 is 1.69 bits per heavy atom. The van der Waals surface area contributed by atoms with E-state index in [4.69, 9.17) is 13.3 Å². The first-order valence-corrected chi connectivity index (χ1v) is 8.12. The highest BCUT2D eigenvalue weighted by atomic mass is 28.4. The fraction of sp³-hybridized carbons (Fsp3) is 1.00. The van der Waals surface area contributed by atoms with Crippen LogP contribution in [0.5, 0.6) is 0 Å². The van der Waals surface area contributed by atoms with Crippen molar-refractivity contribution < 1.29 is 13.3 Å². The molecule has 0 aliphatic heterocycles. The molecule has 0 heterocycles. The Morgan fingerprint density at radius 1 is 1.00 bits per heavy atom. The molecule has 5 heteroatoms. The van der Waals surface area contributed by atoms with Crippen LogP contribution in [0.2, 0.25) is 6.04 Å². The summed E-state index contributed by atoms with van der Waals surface area (Å²) >= 11 is 0. The molecule has 0 rings (SSSR count). The van der Waals surface area contributed by atoms with Gasteiger partial charge in [-0.3, -0.25) is 5.32 Å². The minimum Gasteiger partial charge on any atom is -0.377 e. The Balaban J connectivity index is 3.48. The smallest absolute Gasteiger partial charge is 0.377 e. The normalized spacial score (nSPS) is 12.0. The molecule has 98 valence electrons. The van der Waals surface area contributed by atoms with E-state index in [-0.39, 0.29) is 0 Å². The lowest BCUT2D eigenvalue weighted by Crippen LogP contribution is -2.45. The Hall–Kier alpha value is 0.0569. The molecule has 0 atom stereocenters. The maximum absolute atomic E-state index is 5.67. The predicted octanol–water partition coefficient (Wildman–Crippen LogP) is 2.38. The van der Waals surface area contributed by atoms with Crippen LogP contribution in [0.15, 0.2) is 0 Å². The van der Waals surface area contributed by atoms with Gasteiger partial charge in [0.05, 0.1) is 6.73 Å². The molecule has 0 aromatic rings. The second-order valence-corrected chi connectivity index (χ2v) is 6.97. The summed E-state index contributed by atoms with van der Waals surface area (Å²) in [5, 5.41) is 3.25. The summed E-state index contributed by atoms with van der Waals surface area (Å²) in [4.78, 5) is 0. The van der Waals surface area contributed by atoms with Crippen molar-refractivity contribution in [3.05, 3.63) is 0 Å². The van der Waals surface area contributed by atoms with E-state index >= 15 is 0 Å². The van der Waals surface area contributed by atoms with Crippen LogP contribution in [0, 0.1) is 0 Å². The summed E-state index contributed by atoms with van der Waals surface area (Å²) in [5.74, 6) is 0. The highest BCUT2D eigenvalue weighted by Gasteiger charge is 2.36. The maximum atomic E-state index is 5.67. The van der Waals surface area contributed by atoms with Crippen LogP contribution in [0.1, 0.15) is 39.5 Å². The Kier molecular flexibility index (Phi) is 10.3. The molecule has 0 saturated carbocycles. The molecule has 1 N–H and O–H groups in total. The fourth-order valence-corrected chi connectivity index (χ4v) is 3.01. The molecular formula is C11H27NO3Si. The largest absolute Gasteiger partial charge is 0.501 e. The van der Waals surface area contributed by atoms with Gasteiger partial charge >= 0.3 is 8.80 Å². The van der Waals surface area contributed by atoms with Gasteiger partial charge in [-0.15, -0.1) is 0 Å². The molecule has 0 aromatic carbocycles. The van der Waals surface area contributed by atoms with Gasteiger partial charge in [-0.1, -0.05) is 33.1 Å². The zero-order valence-electron chi connectivity index (χ0n) is 11.2. The third-order valence-electron chi connectivity index (χ3n) is 2.66. The van der Waals surface area contributed by atoms with Gasteiger partial charge in [0.15, 0.2) is 0 Å². The van der Waals surface area contributed by atoms with Crippen molar-refractivity contribution in [3.63, 3.8) is 0 Å². The first-order chi connectivity index (χ1) is 7.74. The molecule has 16 heavy (non-hydrogen) atoms. The van der Waals surface area contributed by atoms with Gasteiger partial charge in [-0.25, -0.2) is 0 Å². The standard InChI is InChI=1S/C11H27NO3Si/c1-5-7-8-9-10-12-11-15-16(6-2,13-3)14-4/h12H,5-11H2,1-4H3. The lowest BCUT2D eigenvalue weighted by Gasteiger charge is -2.25. The zero-order chi connectivity index (χ0) is 12.3. The molecule has 4 nitrogen and oxygen atoms in total. The number of nitrogens with one attached hydrogen (secondary N) is 1. The van der Waals surface area contributed by atoms with E-state index in [1.165, 1.54) is 25.7 Å². The molecule has 0 aliphatic carbocycles. The van der Waals surface area contributed by atoms with Crippen molar-refractivity contribution in [2.45, 2.75) is 45.6 Å². The number of unbranched alkanes of at least 4 members (excludes halogenated alkanes) is 3. The quantitative estimate of drug-likeness (QED) is 0.347. The second-order valence-electron chi connectivity index (χ2n) is 3.79. The summed E-state index contributed by atoms with van der Waals surface area (Å²) < 4.78 is 16.3. The van der Waals surface area contributed by atoms with Crippen LogP contribution in [0.4, 0.5) is 0 Å². The molecule has 0 aromatic heterocycles. The highest BCUT2D eigenvalue weighted by Crippen LogP contribution is 2.11. The third kappa shape index (κ3) is 6.60. The fourth-order valence-electron chi connectivity index (χ4n) is 1.50. The maximum Gasteiger partial charge on any atom is 0.501 e. The number of hydrogen-bond donors (Lipinski definition) is 1. The van der Waals surface area contributed by atoms with E-state index in [0.717, 1.165) is 12.6 Å². The zero-order valence-corrected chi connectivity index (χ0v) is 12.2. The van der Waals surface area contributed by atoms with E-state index < -0.39 is 8.80 Å². The van der Waals surface area contributed by atoms with Gasteiger partial charge < -0.3 is 13.3 Å². The van der Waals surface area contributed by atoms with Crippen LogP contribution >= 0.6 is 0 Å². The average Bonchev–Trinajstić information content (AvgIpc) is 2.34.